The van der Waals surface area contributed by atoms with Gasteiger partial charge in [0.15, 0.2) is 0 Å². The number of amidine groups is 1. The third-order valence-corrected chi connectivity index (χ3v) is 7.95. The van der Waals surface area contributed by atoms with Gasteiger partial charge in [0.05, 0.1) is 18.9 Å². The van der Waals surface area contributed by atoms with Crippen LogP contribution in [0.5, 0.6) is 5.75 Å². The quantitative estimate of drug-likeness (QED) is 0.391. The molecule has 184 valence electrons. The van der Waals surface area contributed by atoms with Gasteiger partial charge in [0, 0.05) is 31.3 Å². The molecule has 2 aliphatic heterocycles. The molecule has 3 heterocycles. The van der Waals surface area contributed by atoms with Crippen LogP contribution in [0.15, 0.2) is 39.7 Å². The van der Waals surface area contributed by atoms with Crippen LogP contribution in [-0.4, -0.2) is 54.5 Å². The van der Waals surface area contributed by atoms with Crippen LogP contribution in [-0.2, 0) is 16.6 Å². The van der Waals surface area contributed by atoms with Crippen molar-refractivity contribution < 1.29 is 22.7 Å². The number of piperidine rings is 1. The number of nitrogens with one attached hydrogen (secondary N) is 1. The van der Waals surface area contributed by atoms with Gasteiger partial charge in [-0.1, -0.05) is 12.1 Å². The number of ether oxygens (including phenoxy) is 1. The van der Waals surface area contributed by atoms with Crippen LogP contribution in [0.4, 0.5) is 0 Å². The van der Waals surface area contributed by atoms with E-state index in [-0.39, 0.29) is 29.0 Å². The Hall–Kier alpha value is -2.73. The molecule has 4 rings (SSSR count). The lowest BCUT2D eigenvalue weighted by molar-refractivity contribution is -0.0188. The fraction of sp³-hybridized carbons (Fsp3) is 0.478. The number of benzene rings is 1. The first-order valence-corrected chi connectivity index (χ1v) is 13.0. The smallest absolute Gasteiger partial charge is 0.227 e. The lowest BCUT2D eigenvalue weighted by Gasteiger charge is -2.30. The molecule has 11 heteroatoms. The van der Waals surface area contributed by atoms with E-state index in [9.17, 15) is 18.3 Å². The lowest BCUT2D eigenvalue weighted by atomic mass is 9.99. The number of nitrogen functional groups attached to an aromatic ring is 1. The van der Waals surface area contributed by atoms with E-state index in [1.165, 1.54) is 22.9 Å². The van der Waals surface area contributed by atoms with Crippen molar-refractivity contribution in [2.45, 2.75) is 38.6 Å². The third kappa shape index (κ3) is 5.02. The van der Waals surface area contributed by atoms with Gasteiger partial charge in [0.25, 0.3) is 0 Å². The summed E-state index contributed by atoms with van der Waals surface area (Å²) in [5.41, 5.74) is 7.46. The van der Waals surface area contributed by atoms with Gasteiger partial charge in [0.2, 0.25) is 21.2 Å². The van der Waals surface area contributed by atoms with Crippen molar-refractivity contribution in [3.8, 4) is 5.75 Å². The minimum atomic E-state index is -3.18. The number of aliphatic hydroxyl groups excluding tert-OH is 1. The second-order valence-corrected chi connectivity index (χ2v) is 11.0. The van der Waals surface area contributed by atoms with Crippen molar-refractivity contribution in [2.75, 3.05) is 26.0 Å². The van der Waals surface area contributed by atoms with Crippen molar-refractivity contribution >= 4 is 15.9 Å². The maximum Gasteiger partial charge on any atom is 0.227 e. The van der Waals surface area contributed by atoms with Crippen molar-refractivity contribution in [3.05, 3.63) is 63.2 Å². The number of rotatable bonds is 7. The van der Waals surface area contributed by atoms with Gasteiger partial charge in [0.1, 0.15) is 24.1 Å². The molecule has 1 fully saturated rings. The molecule has 0 bridgehead atoms. The Morgan fingerprint density at radius 3 is 2.65 bits per heavy atom. The van der Waals surface area contributed by atoms with Crippen LogP contribution in [0, 0.1) is 11.3 Å². The molecule has 0 radical (unpaired) electrons. The molecule has 0 saturated carbocycles. The molecule has 10 nitrogen and oxygen atoms in total. The average molecular weight is 491 g/mol. The lowest BCUT2D eigenvalue weighted by Crippen LogP contribution is -2.39. The van der Waals surface area contributed by atoms with E-state index in [0.29, 0.717) is 50.4 Å². The van der Waals surface area contributed by atoms with Crippen LogP contribution >= 0.6 is 0 Å². The largest absolute Gasteiger partial charge is 0.486 e. The summed E-state index contributed by atoms with van der Waals surface area (Å²) in [6.07, 6.45) is 2.98. The summed E-state index contributed by atoms with van der Waals surface area (Å²) < 4.78 is 36.1. The Bertz CT molecular complexity index is 1240. The molecular formula is C23H30N4O6S. The third-order valence-electron chi connectivity index (χ3n) is 6.64. The highest BCUT2D eigenvalue weighted by Crippen LogP contribution is 2.38. The second kappa shape index (κ2) is 9.49. The van der Waals surface area contributed by atoms with E-state index in [0.717, 1.165) is 11.1 Å². The molecule has 2 atom stereocenters. The van der Waals surface area contributed by atoms with Crippen LogP contribution < -0.4 is 15.9 Å². The molecule has 4 N–H and O–H groups in total. The average Bonchev–Trinajstić information content (AvgIpc) is 3.13. The number of hydrogen-bond donors (Lipinski definition) is 3. The summed E-state index contributed by atoms with van der Waals surface area (Å²) in [5, 5.41) is 18.4. The fourth-order valence-corrected chi connectivity index (χ4v) is 5.36. The molecule has 2 unspecified atom stereocenters. The van der Waals surface area contributed by atoms with Gasteiger partial charge in [-0.15, -0.1) is 0 Å². The van der Waals surface area contributed by atoms with E-state index in [1.807, 2.05) is 6.92 Å². The zero-order valence-electron chi connectivity index (χ0n) is 19.2. The summed E-state index contributed by atoms with van der Waals surface area (Å²) in [6.45, 7) is 3.48. The predicted octanol–water partition coefficient (Wildman–Crippen LogP) is 1.54. The van der Waals surface area contributed by atoms with Crippen LogP contribution in [0.25, 0.3) is 0 Å². The fourth-order valence-electron chi connectivity index (χ4n) is 4.49. The maximum absolute atomic E-state index is 12.6. The Balaban J connectivity index is 1.38. The minimum Gasteiger partial charge on any atom is -0.486 e. The Labute approximate surface area is 198 Å². The topological polar surface area (TPSA) is 150 Å². The summed E-state index contributed by atoms with van der Waals surface area (Å²) in [4.78, 5) is 14.4. The van der Waals surface area contributed by atoms with Crippen LogP contribution in [0.2, 0.25) is 0 Å². The molecule has 1 aromatic heterocycles. The van der Waals surface area contributed by atoms with Crippen molar-refractivity contribution in [1.82, 2.24) is 9.21 Å². The van der Waals surface area contributed by atoms with Gasteiger partial charge in [-0.25, -0.2) is 12.7 Å². The van der Waals surface area contributed by atoms with Crippen molar-refractivity contribution in [1.29, 1.82) is 5.41 Å². The van der Waals surface area contributed by atoms with Crippen molar-refractivity contribution in [2.24, 2.45) is 11.7 Å². The molecule has 0 aliphatic carbocycles. The normalized spacial score (nSPS) is 20.7. The van der Waals surface area contributed by atoms with Crippen LogP contribution in [0.3, 0.4) is 0 Å². The number of nitrogens with zero attached hydrogens (tertiary/aromatic N) is 2. The van der Waals surface area contributed by atoms with Gasteiger partial charge in [-0.2, -0.15) is 0 Å². The van der Waals surface area contributed by atoms with Crippen LogP contribution in [0.1, 0.15) is 54.5 Å². The second-order valence-electron chi connectivity index (χ2n) is 8.98. The molecule has 0 amide bonds. The van der Waals surface area contributed by atoms with Gasteiger partial charge < -0.3 is 20.0 Å². The number of hydrogen-bond acceptors (Lipinski definition) is 8. The first kappa shape index (κ1) is 24.4. The molecule has 2 aromatic rings. The molecule has 34 heavy (non-hydrogen) atoms. The van der Waals surface area contributed by atoms with E-state index in [2.05, 4.69) is 0 Å². The van der Waals surface area contributed by atoms with Gasteiger partial charge >= 0.3 is 0 Å². The maximum atomic E-state index is 12.6. The number of sulfonamides is 1. The highest BCUT2D eigenvalue weighted by atomic mass is 32.2. The van der Waals surface area contributed by atoms with E-state index in [4.69, 9.17) is 20.3 Å². The SMILES string of the molecule is CC(c1cc(=O)c(OCC2CCN(S(C)(=O)=O)CC2)co1)N1Cc2cc(C(=N)N)ccc2C1O. The minimum absolute atomic E-state index is 0.0358. The van der Waals surface area contributed by atoms with E-state index >= 15 is 0 Å². The Morgan fingerprint density at radius 2 is 2.03 bits per heavy atom. The van der Waals surface area contributed by atoms with E-state index in [1.54, 1.807) is 23.1 Å². The summed E-state index contributed by atoms with van der Waals surface area (Å²) >= 11 is 0. The Morgan fingerprint density at radius 1 is 1.32 bits per heavy atom. The summed E-state index contributed by atoms with van der Waals surface area (Å²) in [5.74, 6) is 0.635. The molecule has 2 aliphatic rings. The zero-order valence-corrected chi connectivity index (χ0v) is 20.0. The first-order valence-electron chi connectivity index (χ1n) is 11.2. The number of fused-ring (bicyclic) bond motifs is 1. The summed E-state index contributed by atoms with van der Waals surface area (Å²) in [7, 11) is -3.18. The van der Waals surface area contributed by atoms with Crippen molar-refractivity contribution in [3.63, 3.8) is 0 Å². The van der Waals surface area contributed by atoms with E-state index < -0.39 is 16.3 Å². The monoisotopic (exact) mass is 490 g/mol. The zero-order chi connectivity index (χ0) is 24.6. The van der Waals surface area contributed by atoms with Gasteiger partial charge in [-0.05, 0) is 42.9 Å². The molecule has 1 aromatic carbocycles. The molecule has 1 saturated heterocycles. The highest BCUT2D eigenvalue weighted by Gasteiger charge is 2.34. The number of aliphatic hydroxyl groups is 1. The number of nitrogens with two attached hydrogens (primary N) is 1. The first-order chi connectivity index (χ1) is 16.0. The molecule has 0 spiro atoms. The standard InChI is InChI=1S/C23H30N4O6S/c1-14(27-11-17-9-16(22(24)25)3-4-18(17)23(27)29)20-10-19(28)21(13-33-20)32-12-15-5-7-26(8-6-15)34(2,30)31/h3-4,9-10,13-15,23,29H,5-8,11-12H2,1-2H3,(H3,24,25). The summed E-state index contributed by atoms with van der Waals surface area (Å²) in [6, 6.07) is 6.25. The van der Waals surface area contributed by atoms with Gasteiger partial charge in [-0.3, -0.25) is 15.1 Å². The highest BCUT2D eigenvalue weighted by molar-refractivity contribution is 7.88. The predicted molar refractivity (Wildman–Crippen MR) is 126 cm³/mol. The molecular weight excluding hydrogens is 460 g/mol. The Kier molecular flexibility index (Phi) is 6.81.